The molecule has 1 rings (SSSR count). The molecule has 23 heavy (non-hydrogen) atoms. The van der Waals surface area contributed by atoms with E-state index in [1.54, 1.807) is 0 Å². The number of nitrogens with zero attached hydrogens (tertiary/aromatic N) is 1. The van der Waals surface area contributed by atoms with Crippen LogP contribution in [0.3, 0.4) is 0 Å². The van der Waals surface area contributed by atoms with Gasteiger partial charge in [-0.2, -0.15) is 0 Å². The molecular weight excluding hydrogens is 319 g/mol. The number of likely N-dealkylation sites (N-methyl/N-ethyl adjacent to an activating group) is 1. The van der Waals surface area contributed by atoms with Crippen molar-refractivity contribution in [3.8, 4) is 0 Å². The Kier molecular flexibility index (Phi) is 7.15. The normalized spacial score (nSPS) is 14.5. The molecule has 1 aromatic carbocycles. The fourth-order valence-electron chi connectivity index (χ4n) is 2.34. The molecule has 0 spiro atoms. The molecule has 0 aliphatic heterocycles. The van der Waals surface area contributed by atoms with E-state index in [1.807, 2.05) is 20.8 Å². The third kappa shape index (κ3) is 5.00. The third-order valence-corrected chi connectivity index (χ3v) is 6.06. The van der Waals surface area contributed by atoms with Gasteiger partial charge in [-0.1, -0.05) is 13.8 Å². The minimum atomic E-state index is -3.83. The maximum atomic E-state index is 12.9. The van der Waals surface area contributed by atoms with E-state index >= 15 is 0 Å². The highest BCUT2D eigenvalue weighted by atomic mass is 32.2. The lowest BCUT2D eigenvalue weighted by atomic mass is 10.2. The zero-order chi connectivity index (χ0) is 17.6. The monoisotopic (exact) mass is 344 g/mol. The van der Waals surface area contributed by atoms with Gasteiger partial charge in [-0.05, 0) is 51.2 Å². The number of carbonyl (C=O) groups excluding carboxylic acids is 1. The van der Waals surface area contributed by atoms with Crippen LogP contribution in [0, 0.1) is 5.82 Å². The second-order valence-corrected chi connectivity index (χ2v) is 7.73. The average molecular weight is 344 g/mol. The van der Waals surface area contributed by atoms with Crippen LogP contribution in [0.15, 0.2) is 29.2 Å². The standard InChI is InChI=1S/C16H25FN2O3S/c1-5-19(6-2)12(3)11-18-16(20)13(4)23(21,22)15-9-7-14(17)8-10-15/h7-10,12-13H,5-6,11H2,1-4H3,(H,18,20)/t12-,13-/m1/s1. The Morgan fingerprint density at radius 3 is 2.17 bits per heavy atom. The first-order chi connectivity index (χ1) is 10.7. The van der Waals surface area contributed by atoms with Gasteiger partial charge in [0, 0.05) is 12.6 Å². The molecule has 0 saturated carbocycles. The molecule has 2 atom stereocenters. The number of amides is 1. The lowest BCUT2D eigenvalue weighted by Crippen LogP contribution is -2.45. The van der Waals surface area contributed by atoms with Crippen molar-refractivity contribution < 1.29 is 17.6 Å². The highest BCUT2D eigenvalue weighted by molar-refractivity contribution is 7.92. The second-order valence-electron chi connectivity index (χ2n) is 5.46. The molecule has 5 nitrogen and oxygen atoms in total. The molecule has 130 valence electrons. The van der Waals surface area contributed by atoms with E-state index in [4.69, 9.17) is 0 Å². The Morgan fingerprint density at radius 2 is 1.70 bits per heavy atom. The van der Waals surface area contributed by atoms with E-state index in [9.17, 15) is 17.6 Å². The van der Waals surface area contributed by atoms with Gasteiger partial charge in [-0.3, -0.25) is 9.69 Å². The summed E-state index contributed by atoms with van der Waals surface area (Å²) in [6, 6.07) is 4.61. The van der Waals surface area contributed by atoms with Crippen LogP contribution in [0.1, 0.15) is 27.7 Å². The van der Waals surface area contributed by atoms with Gasteiger partial charge >= 0.3 is 0 Å². The molecule has 0 radical (unpaired) electrons. The van der Waals surface area contributed by atoms with E-state index in [1.165, 1.54) is 19.1 Å². The van der Waals surface area contributed by atoms with E-state index in [-0.39, 0.29) is 10.9 Å². The first-order valence-electron chi connectivity index (χ1n) is 7.75. The Morgan fingerprint density at radius 1 is 1.17 bits per heavy atom. The summed E-state index contributed by atoms with van der Waals surface area (Å²) in [5, 5.41) is 1.46. The van der Waals surface area contributed by atoms with Crippen LogP contribution in [0.4, 0.5) is 4.39 Å². The molecule has 0 unspecified atom stereocenters. The van der Waals surface area contributed by atoms with Crippen molar-refractivity contribution in [1.82, 2.24) is 10.2 Å². The molecule has 1 aromatic rings. The topological polar surface area (TPSA) is 66.5 Å². The smallest absolute Gasteiger partial charge is 0.238 e. The van der Waals surface area contributed by atoms with Crippen LogP contribution >= 0.6 is 0 Å². The second kappa shape index (κ2) is 8.40. The zero-order valence-electron chi connectivity index (χ0n) is 14.0. The summed E-state index contributed by atoms with van der Waals surface area (Å²) < 4.78 is 37.7. The number of hydrogen-bond acceptors (Lipinski definition) is 4. The summed E-state index contributed by atoms with van der Waals surface area (Å²) in [6.45, 7) is 9.48. The van der Waals surface area contributed by atoms with E-state index < -0.39 is 26.8 Å². The summed E-state index contributed by atoms with van der Waals surface area (Å²) in [4.78, 5) is 14.3. The predicted octanol–water partition coefficient (Wildman–Crippen LogP) is 1.83. The van der Waals surface area contributed by atoms with Crippen molar-refractivity contribution in [2.75, 3.05) is 19.6 Å². The van der Waals surface area contributed by atoms with Crippen molar-refractivity contribution in [1.29, 1.82) is 0 Å². The third-order valence-electron chi connectivity index (χ3n) is 3.98. The van der Waals surface area contributed by atoms with Gasteiger partial charge in [0.15, 0.2) is 9.84 Å². The Labute approximate surface area is 137 Å². The van der Waals surface area contributed by atoms with Crippen molar-refractivity contribution >= 4 is 15.7 Å². The number of benzene rings is 1. The minimum absolute atomic E-state index is 0.0571. The summed E-state index contributed by atoms with van der Waals surface area (Å²) >= 11 is 0. The fourth-order valence-corrected chi connectivity index (χ4v) is 3.63. The number of hydrogen-bond donors (Lipinski definition) is 1. The summed E-state index contributed by atoms with van der Waals surface area (Å²) in [5.41, 5.74) is 0. The SMILES string of the molecule is CCN(CC)[C@H](C)CNC(=O)[C@@H](C)S(=O)(=O)c1ccc(F)cc1. The van der Waals surface area contributed by atoms with E-state index in [0.717, 1.165) is 25.2 Å². The van der Waals surface area contributed by atoms with Gasteiger partial charge in [-0.15, -0.1) is 0 Å². The van der Waals surface area contributed by atoms with E-state index in [2.05, 4.69) is 10.2 Å². The molecule has 0 aliphatic rings. The van der Waals surface area contributed by atoms with Crippen LogP contribution in [0.5, 0.6) is 0 Å². The van der Waals surface area contributed by atoms with Crippen LogP contribution in [-0.2, 0) is 14.6 Å². The molecule has 0 fully saturated rings. The number of rotatable bonds is 8. The zero-order valence-corrected chi connectivity index (χ0v) is 14.9. The summed E-state index contributed by atoms with van der Waals surface area (Å²) in [7, 11) is -3.83. The Balaban J connectivity index is 2.74. The van der Waals surface area contributed by atoms with Gasteiger partial charge in [0.2, 0.25) is 5.91 Å². The number of carbonyl (C=O) groups is 1. The summed E-state index contributed by atoms with van der Waals surface area (Å²) in [6.07, 6.45) is 0. The predicted molar refractivity (Wildman–Crippen MR) is 88.4 cm³/mol. The maximum Gasteiger partial charge on any atom is 0.238 e. The van der Waals surface area contributed by atoms with Crippen LogP contribution in [0.2, 0.25) is 0 Å². The van der Waals surface area contributed by atoms with E-state index in [0.29, 0.717) is 6.54 Å². The molecule has 7 heteroatoms. The summed E-state index contributed by atoms with van der Waals surface area (Å²) in [5.74, 6) is -1.07. The molecule has 0 saturated heterocycles. The molecule has 1 amide bonds. The van der Waals surface area contributed by atoms with Gasteiger partial charge in [0.25, 0.3) is 0 Å². The molecule has 0 bridgehead atoms. The number of nitrogens with one attached hydrogen (secondary N) is 1. The van der Waals surface area contributed by atoms with Crippen LogP contribution in [-0.4, -0.2) is 50.2 Å². The molecule has 0 aliphatic carbocycles. The van der Waals surface area contributed by atoms with Gasteiger partial charge in [0.05, 0.1) is 4.90 Å². The highest BCUT2D eigenvalue weighted by Crippen LogP contribution is 2.16. The molecular formula is C16H25FN2O3S. The first-order valence-corrected chi connectivity index (χ1v) is 9.29. The largest absolute Gasteiger partial charge is 0.353 e. The van der Waals surface area contributed by atoms with Gasteiger partial charge in [0.1, 0.15) is 11.1 Å². The van der Waals surface area contributed by atoms with Gasteiger partial charge in [-0.25, -0.2) is 12.8 Å². The molecule has 1 N–H and O–H groups in total. The van der Waals surface area contributed by atoms with Crippen molar-refractivity contribution in [2.45, 2.75) is 43.9 Å². The number of sulfone groups is 1. The van der Waals surface area contributed by atoms with Crippen LogP contribution < -0.4 is 5.32 Å². The van der Waals surface area contributed by atoms with Crippen LogP contribution in [0.25, 0.3) is 0 Å². The lowest BCUT2D eigenvalue weighted by Gasteiger charge is -2.26. The molecule has 0 aromatic heterocycles. The highest BCUT2D eigenvalue weighted by Gasteiger charge is 2.30. The first kappa shape index (κ1) is 19.6. The number of halogens is 1. The molecule has 0 heterocycles. The quantitative estimate of drug-likeness (QED) is 0.731. The van der Waals surface area contributed by atoms with Crippen molar-refractivity contribution in [2.24, 2.45) is 0 Å². The van der Waals surface area contributed by atoms with Crippen molar-refractivity contribution in [3.63, 3.8) is 0 Å². The average Bonchev–Trinajstić information content (AvgIpc) is 2.53. The maximum absolute atomic E-state index is 12.9. The van der Waals surface area contributed by atoms with Gasteiger partial charge < -0.3 is 5.32 Å². The fraction of sp³-hybridized carbons (Fsp3) is 0.562. The van der Waals surface area contributed by atoms with Crippen molar-refractivity contribution in [3.05, 3.63) is 30.1 Å². The Hall–Kier alpha value is -1.47. The minimum Gasteiger partial charge on any atom is -0.353 e. The lowest BCUT2D eigenvalue weighted by molar-refractivity contribution is -0.120. The Bertz CT molecular complexity index is 613.